The van der Waals surface area contributed by atoms with Crippen LogP contribution in [0.3, 0.4) is 0 Å². The van der Waals surface area contributed by atoms with Crippen LogP contribution >= 0.6 is 11.6 Å². The lowest BCUT2D eigenvalue weighted by atomic mass is 9.92. The molecule has 0 bridgehead atoms. The first-order valence-corrected chi connectivity index (χ1v) is 6.89. The van der Waals surface area contributed by atoms with Gasteiger partial charge in [-0.15, -0.1) is 0 Å². The van der Waals surface area contributed by atoms with Crippen LogP contribution in [0.15, 0.2) is 42.5 Å². The molecule has 0 aliphatic heterocycles. The first-order valence-electron chi connectivity index (χ1n) is 6.51. The molecule has 1 atom stereocenters. The number of aliphatic hydroxyl groups excluding tert-OH is 1. The van der Waals surface area contributed by atoms with E-state index in [0.717, 1.165) is 11.3 Å². The monoisotopic (exact) mass is 307 g/mol. The highest BCUT2D eigenvalue weighted by atomic mass is 35.5. The van der Waals surface area contributed by atoms with Crippen molar-refractivity contribution >= 4 is 17.3 Å². The minimum Gasteiger partial charge on any atom is -0.504 e. The molecule has 4 nitrogen and oxygen atoms in total. The topological polar surface area (TPSA) is 61.7 Å². The summed E-state index contributed by atoms with van der Waals surface area (Å²) in [5.41, 5.74) is 0.744. The van der Waals surface area contributed by atoms with Gasteiger partial charge < -0.3 is 20.3 Å². The van der Waals surface area contributed by atoms with Crippen molar-refractivity contribution in [2.45, 2.75) is 12.5 Å². The van der Waals surface area contributed by atoms with E-state index in [1.54, 1.807) is 18.2 Å². The molecule has 0 spiro atoms. The summed E-state index contributed by atoms with van der Waals surface area (Å²) in [4.78, 5) is 0. The van der Waals surface area contributed by atoms with Crippen molar-refractivity contribution in [2.75, 3.05) is 19.0 Å². The minimum atomic E-state index is -0.758. The Morgan fingerprint density at radius 2 is 1.95 bits per heavy atom. The van der Waals surface area contributed by atoms with E-state index in [1.165, 1.54) is 13.2 Å². The molecule has 0 saturated heterocycles. The van der Waals surface area contributed by atoms with E-state index >= 15 is 0 Å². The first-order chi connectivity index (χ1) is 10.00. The summed E-state index contributed by atoms with van der Waals surface area (Å²) >= 11 is 6.15. The Hall–Kier alpha value is -1.91. The number of hydrogen-bond donors (Lipinski definition) is 3. The number of aromatic hydroxyl groups is 1. The molecule has 3 N–H and O–H groups in total. The van der Waals surface area contributed by atoms with E-state index in [9.17, 15) is 10.2 Å². The molecule has 2 aromatic rings. The largest absolute Gasteiger partial charge is 0.504 e. The summed E-state index contributed by atoms with van der Waals surface area (Å²) in [6.07, 6.45) is 0. The van der Waals surface area contributed by atoms with Gasteiger partial charge >= 0.3 is 0 Å². The van der Waals surface area contributed by atoms with Gasteiger partial charge in [-0.1, -0.05) is 29.8 Å². The van der Waals surface area contributed by atoms with E-state index in [-0.39, 0.29) is 12.4 Å². The molecule has 112 valence electrons. The highest BCUT2D eigenvalue weighted by molar-refractivity contribution is 6.33. The number of hydrogen-bond acceptors (Lipinski definition) is 4. The van der Waals surface area contributed by atoms with Gasteiger partial charge in [-0.2, -0.15) is 0 Å². The molecule has 0 aliphatic rings. The summed E-state index contributed by atoms with van der Waals surface area (Å²) in [5, 5.41) is 23.3. The smallest absolute Gasteiger partial charge is 0.160 e. The van der Waals surface area contributed by atoms with Crippen LogP contribution in [0, 0.1) is 0 Å². The number of anilines is 1. The van der Waals surface area contributed by atoms with Gasteiger partial charge in [0.25, 0.3) is 0 Å². The normalized spacial score (nSPS) is 13.5. The van der Waals surface area contributed by atoms with Gasteiger partial charge in [0.2, 0.25) is 0 Å². The number of aliphatic hydroxyl groups is 1. The van der Waals surface area contributed by atoms with Crippen LogP contribution in [-0.4, -0.2) is 23.9 Å². The second kappa shape index (κ2) is 6.24. The number of methoxy groups -OCH3 is 1. The molecule has 0 heterocycles. The third kappa shape index (κ3) is 3.23. The lowest BCUT2D eigenvalue weighted by Gasteiger charge is -2.31. The fourth-order valence-electron chi connectivity index (χ4n) is 2.08. The quantitative estimate of drug-likeness (QED) is 0.792. The number of phenols is 1. The van der Waals surface area contributed by atoms with Crippen molar-refractivity contribution in [3.05, 3.63) is 53.1 Å². The Morgan fingerprint density at radius 1 is 1.24 bits per heavy atom. The summed E-state index contributed by atoms with van der Waals surface area (Å²) in [6.45, 7) is 1.70. The van der Waals surface area contributed by atoms with Crippen molar-refractivity contribution in [3.8, 4) is 11.5 Å². The van der Waals surface area contributed by atoms with Crippen LogP contribution in [0.5, 0.6) is 11.5 Å². The van der Waals surface area contributed by atoms with Crippen LogP contribution in [0.1, 0.15) is 12.5 Å². The summed E-state index contributed by atoms with van der Waals surface area (Å²) in [5.74, 6) is 0.410. The van der Waals surface area contributed by atoms with Gasteiger partial charge in [-0.05, 0) is 36.8 Å². The molecule has 0 aromatic heterocycles. The standard InChI is InChI=1S/C16H18ClNO3/c1-16(10-19,18-13-6-4-3-5-12(13)17)11-7-8-14(20)15(9-11)21-2/h3-9,18-20H,10H2,1-2H3. The predicted octanol–water partition coefficient (Wildman–Crippen LogP) is 3.37. The molecule has 21 heavy (non-hydrogen) atoms. The van der Waals surface area contributed by atoms with Crippen molar-refractivity contribution in [1.82, 2.24) is 0 Å². The van der Waals surface area contributed by atoms with Crippen molar-refractivity contribution < 1.29 is 14.9 Å². The maximum Gasteiger partial charge on any atom is 0.160 e. The molecule has 0 fully saturated rings. The summed E-state index contributed by atoms with van der Waals surface area (Å²) < 4.78 is 5.11. The van der Waals surface area contributed by atoms with Crippen LogP contribution in [0.2, 0.25) is 5.02 Å². The number of nitrogens with one attached hydrogen (secondary N) is 1. The van der Waals surface area contributed by atoms with Crippen LogP contribution < -0.4 is 10.1 Å². The Bertz CT molecular complexity index is 633. The maximum atomic E-state index is 9.81. The van der Waals surface area contributed by atoms with Gasteiger partial charge in [-0.3, -0.25) is 0 Å². The third-order valence-corrected chi connectivity index (χ3v) is 3.75. The van der Waals surface area contributed by atoms with Crippen molar-refractivity contribution in [3.63, 3.8) is 0 Å². The minimum absolute atomic E-state index is 0.0549. The lowest BCUT2D eigenvalue weighted by molar-refractivity contribution is 0.223. The van der Waals surface area contributed by atoms with Crippen molar-refractivity contribution in [2.24, 2.45) is 0 Å². The van der Waals surface area contributed by atoms with E-state index < -0.39 is 5.54 Å². The van der Waals surface area contributed by atoms with E-state index in [0.29, 0.717) is 10.8 Å². The Labute approximate surface area is 129 Å². The van der Waals surface area contributed by atoms with Crippen molar-refractivity contribution in [1.29, 1.82) is 0 Å². The van der Waals surface area contributed by atoms with E-state index in [4.69, 9.17) is 16.3 Å². The van der Waals surface area contributed by atoms with Crippen LogP contribution in [0.4, 0.5) is 5.69 Å². The zero-order valence-corrected chi connectivity index (χ0v) is 12.7. The molecule has 0 aliphatic carbocycles. The van der Waals surface area contributed by atoms with E-state index in [2.05, 4.69) is 5.32 Å². The first kappa shape index (κ1) is 15.5. The second-order valence-corrected chi connectivity index (χ2v) is 5.39. The summed E-state index contributed by atoms with van der Waals surface area (Å²) in [7, 11) is 1.48. The molecule has 2 rings (SSSR count). The number of halogens is 1. The molecule has 1 unspecified atom stereocenters. The molecule has 2 aromatic carbocycles. The zero-order chi connectivity index (χ0) is 15.5. The van der Waals surface area contributed by atoms with Crippen LogP contribution in [0.25, 0.3) is 0 Å². The highest BCUT2D eigenvalue weighted by Gasteiger charge is 2.27. The van der Waals surface area contributed by atoms with E-state index in [1.807, 2.05) is 25.1 Å². The highest BCUT2D eigenvalue weighted by Crippen LogP contribution is 2.34. The molecule has 0 saturated carbocycles. The average Bonchev–Trinajstić information content (AvgIpc) is 2.50. The number of phenolic OH excluding ortho intramolecular Hbond substituents is 1. The Balaban J connectivity index is 2.39. The third-order valence-electron chi connectivity index (χ3n) is 3.42. The lowest BCUT2D eigenvalue weighted by Crippen LogP contribution is -2.36. The second-order valence-electron chi connectivity index (χ2n) is 4.98. The number of ether oxygens (including phenoxy) is 1. The molecular weight excluding hydrogens is 290 g/mol. The Kier molecular flexibility index (Phi) is 4.60. The van der Waals surface area contributed by atoms with Gasteiger partial charge in [0.1, 0.15) is 0 Å². The Morgan fingerprint density at radius 3 is 2.57 bits per heavy atom. The molecule has 0 amide bonds. The van der Waals surface area contributed by atoms with Gasteiger partial charge in [0, 0.05) is 0 Å². The average molecular weight is 308 g/mol. The SMILES string of the molecule is COc1cc(C(C)(CO)Nc2ccccc2Cl)ccc1O. The summed E-state index contributed by atoms with van der Waals surface area (Å²) in [6, 6.07) is 12.3. The maximum absolute atomic E-state index is 9.81. The number of para-hydroxylation sites is 1. The van der Waals surface area contributed by atoms with Gasteiger partial charge in [0.05, 0.1) is 30.0 Å². The fraction of sp³-hybridized carbons (Fsp3) is 0.250. The van der Waals surface area contributed by atoms with Crippen LogP contribution in [-0.2, 0) is 5.54 Å². The number of benzene rings is 2. The number of rotatable bonds is 5. The zero-order valence-electron chi connectivity index (χ0n) is 11.9. The molecule has 5 heteroatoms. The molecule has 0 radical (unpaired) electrons. The van der Waals surface area contributed by atoms with Gasteiger partial charge in [0.15, 0.2) is 11.5 Å². The fourth-order valence-corrected chi connectivity index (χ4v) is 2.27. The van der Waals surface area contributed by atoms with Gasteiger partial charge in [-0.25, -0.2) is 0 Å². The predicted molar refractivity (Wildman–Crippen MR) is 84.2 cm³/mol. The molecular formula is C16H18ClNO3.